The van der Waals surface area contributed by atoms with Gasteiger partial charge >= 0.3 is 6.03 Å². The van der Waals surface area contributed by atoms with Crippen molar-refractivity contribution in [2.45, 2.75) is 19.9 Å². The van der Waals surface area contributed by atoms with E-state index in [2.05, 4.69) is 11.2 Å². The zero-order valence-electron chi connectivity index (χ0n) is 14.7. The van der Waals surface area contributed by atoms with Crippen molar-refractivity contribution in [3.05, 3.63) is 35.4 Å². The number of hydrogen-bond donors (Lipinski definition) is 1. The van der Waals surface area contributed by atoms with Crippen LogP contribution in [0.15, 0.2) is 24.3 Å². The maximum atomic E-state index is 12.3. The van der Waals surface area contributed by atoms with Crippen molar-refractivity contribution in [1.29, 1.82) is 0 Å². The van der Waals surface area contributed by atoms with Gasteiger partial charge in [0, 0.05) is 32.6 Å². The molecule has 25 heavy (non-hydrogen) atoms. The van der Waals surface area contributed by atoms with Crippen molar-refractivity contribution >= 4 is 11.9 Å². The summed E-state index contributed by atoms with van der Waals surface area (Å²) in [6.45, 7) is 5.35. The van der Waals surface area contributed by atoms with E-state index in [4.69, 9.17) is 11.2 Å². The summed E-state index contributed by atoms with van der Waals surface area (Å²) in [4.78, 5) is 27.7. The summed E-state index contributed by atoms with van der Waals surface area (Å²) in [7, 11) is 0. The van der Waals surface area contributed by atoms with E-state index in [0.717, 1.165) is 5.56 Å². The Balaban J connectivity index is 1.80. The van der Waals surface area contributed by atoms with Crippen LogP contribution in [0, 0.1) is 19.3 Å². The number of rotatable bonds is 6. The fourth-order valence-corrected chi connectivity index (χ4v) is 2.58. The summed E-state index contributed by atoms with van der Waals surface area (Å²) >= 11 is 0. The summed E-state index contributed by atoms with van der Waals surface area (Å²) in [5.74, 6) is 2.54. The van der Waals surface area contributed by atoms with Gasteiger partial charge in [0.15, 0.2) is 0 Å². The fraction of sp³-hybridized carbons (Fsp3) is 0.474. The Bertz CT molecular complexity index is 616. The van der Waals surface area contributed by atoms with Crippen LogP contribution in [-0.4, -0.2) is 61.1 Å². The third-order valence-corrected chi connectivity index (χ3v) is 4.04. The van der Waals surface area contributed by atoms with E-state index in [0.29, 0.717) is 39.4 Å². The van der Waals surface area contributed by atoms with Gasteiger partial charge in [0.1, 0.15) is 0 Å². The average molecular weight is 343 g/mol. The number of nitrogens with zero attached hydrogens (tertiary/aromatic N) is 2. The number of ether oxygens (including phenoxy) is 1. The van der Waals surface area contributed by atoms with Crippen molar-refractivity contribution in [3.8, 4) is 12.3 Å². The SMILES string of the molecule is C#CCN(Cc1ccc(C)cc1)C(=O)NCCC(=O)N1CCOCC1. The number of hydrogen-bond acceptors (Lipinski definition) is 3. The smallest absolute Gasteiger partial charge is 0.318 e. The fourth-order valence-electron chi connectivity index (χ4n) is 2.58. The summed E-state index contributed by atoms with van der Waals surface area (Å²) in [6.07, 6.45) is 5.65. The molecule has 0 spiro atoms. The highest BCUT2D eigenvalue weighted by molar-refractivity contribution is 5.78. The van der Waals surface area contributed by atoms with Crippen molar-refractivity contribution in [2.75, 3.05) is 39.4 Å². The number of aryl methyl sites for hydroxylation is 1. The number of carbonyl (C=O) groups excluding carboxylic acids is 2. The molecule has 1 aliphatic rings. The van der Waals surface area contributed by atoms with E-state index in [1.54, 1.807) is 9.80 Å². The molecule has 3 amide bonds. The normalized spacial score (nSPS) is 13.8. The maximum Gasteiger partial charge on any atom is 0.318 e. The van der Waals surface area contributed by atoms with E-state index >= 15 is 0 Å². The number of amides is 3. The van der Waals surface area contributed by atoms with Gasteiger partial charge in [-0.25, -0.2) is 4.79 Å². The summed E-state index contributed by atoms with van der Waals surface area (Å²) in [5.41, 5.74) is 2.18. The van der Waals surface area contributed by atoms with Crippen molar-refractivity contribution < 1.29 is 14.3 Å². The molecule has 0 aliphatic carbocycles. The Labute approximate surface area is 149 Å². The highest BCUT2D eigenvalue weighted by Gasteiger charge is 2.17. The Hall–Kier alpha value is -2.52. The molecule has 1 fully saturated rings. The van der Waals surface area contributed by atoms with E-state index in [-0.39, 0.29) is 24.9 Å². The monoisotopic (exact) mass is 343 g/mol. The summed E-state index contributed by atoms with van der Waals surface area (Å²) in [5, 5.41) is 2.78. The van der Waals surface area contributed by atoms with Gasteiger partial charge in [-0.3, -0.25) is 4.79 Å². The molecule has 1 aliphatic heterocycles. The van der Waals surface area contributed by atoms with Crippen LogP contribution in [0.5, 0.6) is 0 Å². The van der Waals surface area contributed by atoms with Crippen molar-refractivity contribution in [3.63, 3.8) is 0 Å². The molecule has 0 aromatic heterocycles. The summed E-state index contributed by atoms with van der Waals surface area (Å²) < 4.78 is 5.23. The van der Waals surface area contributed by atoms with Gasteiger partial charge < -0.3 is 19.9 Å². The quantitative estimate of drug-likeness (QED) is 0.794. The lowest BCUT2D eigenvalue weighted by Crippen LogP contribution is -2.44. The molecule has 0 atom stereocenters. The minimum atomic E-state index is -0.256. The molecule has 2 rings (SSSR count). The number of morpholine rings is 1. The molecule has 0 saturated carbocycles. The van der Waals surface area contributed by atoms with Gasteiger partial charge in [0.25, 0.3) is 0 Å². The molecule has 1 saturated heterocycles. The van der Waals surface area contributed by atoms with E-state index in [1.807, 2.05) is 31.2 Å². The number of carbonyl (C=O) groups is 2. The lowest BCUT2D eigenvalue weighted by atomic mass is 10.1. The standard InChI is InChI=1S/C19H25N3O3/c1-3-10-22(15-17-6-4-16(2)5-7-17)19(24)20-9-8-18(23)21-11-13-25-14-12-21/h1,4-7H,8-15H2,2H3,(H,20,24). The first-order valence-corrected chi connectivity index (χ1v) is 8.47. The van der Waals surface area contributed by atoms with E-state index in [1.165, 1.54) is 5.56 Å². The van der Waals surface area contributed by atoms with Crippen LogP contribution in [0.1, 0.15) is 17.5 Å². The van der Waals surface area contributed by atoms with Gasteiger partial charge in [-0.05, 0) is 12.5 Å². The topological polar surface area (TPSA) is 61.9 Å². The van der Waals surface area contributed by atoms with E-state index < -0.39 is 0 Å². The van der Waals surface area contributed by atoms with Crippen molar-refractivity contribution in [1.82, 2.24) is 15.1 Å². The molecule has 6 heteroatoms. The number of urea groups is 1. The molecule has 1 heterocycles. The Kier molecular flexibility index (Phi) is 7.30. The van der Waals surface area contributed by atoms with Gasteiger partial charge in [-0.2, -0.15) is 0 Å². The second-order valence-corrected chi connectivity index (χ2v) is 6.02. The highest BCUT2D eigenvalue weighted by atomic mass is 16.5. The predicted molar refractivity (Wildman–Crippen MR) is 95.8 cm³/mol. The largest absolute Gasteiger partial charge is 0.378 e. The molecule has 0 unspecified atom stereocenters. The molecule has 134 valence electrons. The zero-order valence-corrected chi connectivity index (χ0v) is 14.7. The van der Waals surface area contributed by atoms with E-state index in [9.17, 15) is 9.59 Å². The molecule has 0 radical (unpaired) electrons. The number of nitrogens with one attached hydrogen (secondary N) is 1. The van der Waals surface area contributed by atoms with Gasteiger partial charge in [-0.1, -0.05) is 35.7 Å². The zero-order chi connectivity index (χ0) is 18.1. The lowest BCUT2D eigenvalue weighted by Gasteiger charge is -2.27. The third kappa shape index (κ3) is 6.12. The molecule has 6 nitrogen and oxygen atoms in total. The number of terminal acetylenes is 1. The minimum Gasteiger partial charge on any atom is -0.378 e. The maximum absolute atomic E-state index is 12.3. The second kappa shape index (κ2) is 9.70. The third-order valence-electron chi connectivity index (χ3n) is 4.04. The van der Waals surface area contributed by atoms with Gasteiger partial charge in [0.05, 0.1) is 19.8 Å². The lowest BCUT2D eigenvalue weighted by molar-refractivity contribution is -0.135. The molecule has 1 aromatic carbocycles. The minimum absolute atomic E-state index is 0.0330. The summed E-state index contributed by atoms with van der Waals surface area (Å²) in [6, 6.07) is 7.71. The van der Waals surface area contributed by atoms with Crippen LogP contribution in [0.2, 0.25) is 0 Å². The second-order valence-electron chi connectivity index (χ2n) is 6.02. The van der Waals surface area contributed by atoms with Gasteiger partial charge in [0.2, 0.25) is 5.91 Å². The highest BCUT2D eigenvalue weighted by Crippen LogP contribution is 2.07. The van der Waals surface area contributed by atoms with Crippen LogP contribution in [-0.2, 0) is 16.1 Å². The molecule has 1 aromatic rings. The van der Waals surface area contributed by atoms with Crippen LogP contribution in [0.3, 0.4) is 0 Å². The van der Waals surface area contributed by atoms with Crippen LogP contribution in [0.25, 0.3) is 0 Å². The van der Waals surface area contributed by atoms with Crippen LogP contribution >= 0.6 is 0 Å². The average Bonchev–Trinajstić information content (AvgIpc) is 2.63. The predicted octanol–water partition coefficient (Wildman–Crippen LogP) is 1.39. The molecular weight excluding hydrogens is 318 g/mol. The van der Waals surface area contributed by atoms with Crippen LogP contribution < -0.4 is 5.32 Å². The Morgan fingerprint density at radius 3 is 2.60 bits per heavy atom. The molecular formula is C19H25N3O3. The van der Waals surface area contributed by atoms with Gasteiger partial charge in [-0.15, -0.1) is 6.42 Å². The first kappa shape index (κ1) is 18.8. The molecule has 0 bridgehead atoms. The first-order valence-electron chi connectivity index (χ1n) is 8.47. The molecule has 1 N–H and O–H groups in total. The first-order chi connectivity index (χ1) is 12.1. The Morgan fingerprint density at radius 2 is 1.96 bits per heavy atom. The van der Waals surface area contributed by atoms with Crippen molar-refractivity contribution in [2.24, 2.45) is 0 Å². The van der Waals surface area contributed by atoms with Crippen LogP contribution in [0.4, 0.5) is 4.79 Å². The Morgan fingerprint density at radius 1 is 1.28 bits per heavy atom. The number of benzene rings is 1.